The summed E-state index contributed by atoms with van der Waals surface area (Å²) in [6, 6.07) is 8.45. The van der Waals surface area contributed by atoms with Gasteiger partial charge in [0.25, 0.3) is 0 Å². The zero-order valence-corrected chi connectivity index (χ0v) is 52.6. The van der Waals surface area contributed by atoms with Gasteiger partial charge in [-0.05, 0) is 225 Å². The van der Waals surface area contributed by atoms with Gasteiger partial charge in [0.2, 0.25) is 0 Å². The molecule has 0 amide bonds. The van der Waals surface area contributed by atoms with E-state index in [4.69, 9.17) is 0 Å². The number of thioether (sulfide) groups is 3. The Morgan fingerprint density at radius 3 is 0.772 bits per heavy atom. The second-order valence-corrected chi connectivity index (χ2v) is 37.9. The lowest BCUT2D eigenvalue weighted by atomic mass is 9.23. The van der Waals surface area contributed by atoms with E-state index in [1.807, 2.05) is 0 Å². The molecule has 12 saturated carbocycles. The quantitative estimate of drug-likeness (QED) is 0.244. The number of fused-ring (bicyclic) bond motifs is 21. The third kappa shape index (κ3) is 8.70. The summed E-state index contributed by atoms with van der Waals surface area (Å²) in [5.41, 5.74) is 0. The van der Waals surface area contributed by atoms with Crippen LogP contribution in [0.25, 0.3) is 0 Å². The smallest absolute Gasteiger partial charge is 0.149 e. The van der Waals surface area contributed by atoms with Crippen LogP contribution in [0.5, 0.6) is 0 Å². The van der Waals surface area contributed by atoms with Crippen molar-refractivity contribution in [2.75, 3.05) is 0 Å². The minimum atomic E-state index is 0.914. The van der Waals surface area contributed by atoms with Crippen LogP contribution in [0.4, 0.5) is 0 Å². The van der Waals surface area contributed by atoms with Gasteiger partial charge in [0, 0.05) is 85.9 Å². The molecular weight excluding hydrogens is 1010 g/mol. The highest BCUT2D eigenvalue weighted by Gasteiger charge is 2.65. The van der Waals surface area contributed by atoms with Crippen molar-refractivity contribution in [2.24, 2.45) is 71.0 Å². The molecule has 0 radical (unpaired) electrons. The molecule has 6 heterocycles. The fourth-order valence-corrected chi connectivity index (χ4v) is 35.7. The molecule has 79 heavy (non-hydrogen) atoms. The molecule has 7 heteroatoms. The zero-order valence-electron chi connectivity index (χ0n) is 50.2. The van der Waals surface area contributed by atoms with E-state index < -0.39 is 0 Å². The van der Waals surface area contributed by atoms with Crippen molar-refractivity contribution in [3.8, 4) is 0 Å². The Bertz CT molecular complexity index is 1900. The lowest BCUT2D eigenvalue weighted by molar-refractivity contribution is 0.0488. The van der Waals surface area contributed by atoms with E-state index in [9.17, 15) is 0 Å². The summed E-state index contributed by atoms with van der Waals surface area (Å²) in [7, 11) is 0. The van der Waals surface area contributed by atoms with Crippen molar-refractivity contribution >= 4 is 42.0 Å². The van der Waals surface area contributed by atoms with Gasteiger partial charge in [-0.25, -0.2) is 0 Å². The molecule has 0 spiro atoms. The number of nitrogens with zero attached hydrogens (tertiary/aromatic N) is 3. The van der Waals surface area contributed by atoms with E-state index in [2.05, 4.69) is 50.0 Å². The third-order valence-electron chi connectivity index (χ3n) is 31.3. The summed E-state index contributed by atoms with van der Waals surface area (Å²) >= 11 is 7.86. The van der Waals surface area contributed by atoms with Crippen LogP contribution in [-0.4, -0.2) is 107 Å². The van der Waals surface area contributed by atoms with Crippen molar-refractivity contribution in [1.29, 1.82) is 0 Å². The standard InChI is InChI=1S/C72H114BN3S3/c1-7-19-61-49(13-1)55-37-40-58-52-16-4-10-22-64(52)77-70(58)67(55)74(61)46-31-25-43(26-32-46)73(44-27-33-47(34-28-44)75-62-20-8-2-14-50(62)56-38-41-59-53-17-5-11-23-65(53)78-71(59)68(56)75)45-29-35-48(36-30-45)76-63-21-9-3-15-51(63)57-39-42-60-54-18-6-12-24-66(54)79-72(60)69(57)76/h43-72H,1-42H2. The molecule has 438 valence electrons. The second kappa shape index (κ2) is 21.9. The molecule has 6 saturated heterocycles. The lowest BCUT2D eigenvalue weighted by Gasteiger charge is -2.51. The Morgan fingerprint density at radius 2 is 0.468 bits per heavy atom. The SMILES string of the molecule is C1CCC2C(C1)SC1C2CCC2C3CCCCC3N(C3CCC(B(C4CCC(N5C6CCCCC6C6CCC7C8CCCCC8SC7C65)CC4)C4CCC(N5C6CCCCC6C6CCC7C8CCCCC8SC7C65)CC4)CC3)C21. The van der Waals surface area contributed by atoms with E-state index in [-0.39, 0.29) is 0 Å². The molecule has 3 nitrogen and oxygen atoms in total. The molecule has 18 aliphatic rings. The predicted octanol–water partition coefficient (Wildman–Crippen LogP) is 18.2. The van der Waals surface area contributed by atoms with Gasteiger partial charge in [-0.3, -0.25) is 14.7 Å². The Kier molecular flexibility index (Phi) is 14.7. The molecule has 0 aromatic rings. The van der Waals surface area contributed by atoms with Crippen LogP contribution in [0.1, 0.15) is 270 Å². The highest BCUT2D eigenvalue weighted by Crippen LogP contribution is 2.67. The Labute approximate surface area is 497 Å². The van der Waals surface area contributed by atoms with Crippen LogP contribution >= 0.6 is 35.3 Å². The van der Waals surface area contributed by atoms with Crippen LogP contribution in [0.2, 0.25) is 17.5 Å². The van der Waals surface area contributed by atoms with E-state index in [0.717, 1.165) is 181 Å². The monoisotopic (exact) mass is 1130 g/mol. The van der Waals surface area contributed by atoms with Gasteiger partial charge in [-0.2, -0.15) is 35.3 Å². The van der Waals surface area contributed by atoms with E-state index >= 15 is 0 Å². The van der Waals surface area contributed by atoms with E-state index in [1.54, 1.807) is 231 Å². The molecule has 0 bridgehead atoms. The number of hydrogen-bond donors (Lipinski definition) is 0. The first-order valence-corrected chi connectivity index (χ1v) is 40.3. The molecule has 24 unspecified atom stereocenters. The average Bonchev–Trinajstić information content (AvgIpc) is 4.27. The molecule has 24 atom stereocenters. The summed E-state index contributed by atoms with van der Waals surface area (Å²) in [5.74, 6) is 15.8. The number of hydrogen-bond acceptors (Lipinski definition) is 6. The Morgan fingerprint density at radius 1 is 0.215 bits per heavy atom. The van der Waals surface area contributed by atoms with Crippen LogP contribution in [-0.2, 0) is 0 Å². The second-order valence-electron chi connectivity index (χ2n) is 33.6. The first-order valence-electron chi connectivity index (χ1n) is 37.5. The van der Waals surface area contributed by atoms with Crippen molar-refractivity contribution in [3.05, 3.63) is 0 Å². The maximum absolute atomic E-state index is 3.49. The minimum absolute atomic E-state index is 0.914. The summed E-state index contributed by atoms with van der Waals surface area (Å²) in [6.45, 7) is 1.03. The minimum Gasteiger partial charge on any atom is -0.293 e. The maximum atomic E-state index is 3.49. The molecule has 0 N–H and O–H groups in total. The van der Waals surface area contributed by atoms with Crippen molar-refractivity contribution in [2.45, 2.75) is 373 Å². The average molecular weight is 1130 g/mol. The highest BCUT2D eigenvalue weighted by atomic mass is 32.2. The largest absolute Gasteiger partial charge is 0.293 e. The first-order chi connectivity index (χ1) is 39.2. The first kappa shape index (κ1) is 53.1. The molecule has 18 rings (SSSR count). The van der Waals surface area contributed by atoms with Gasteiger partial charge < -0.3 is 0 Å². The fraction of sp³-hybridized carbons (Fsp3) is 1.00. The third-order valence-corrected chi connectivity index (χ3v) is 36.9. The summed E-state index contributed by atoms with van der Waals surface area (Å²) in [4.78, 5) is 10.5. The van der Waals surface area contributed by atoms with Gasteiger partial charge in [0.05, 0.1) is 0 Å². The van der Waals surface area contributed by atoms with Crippen LogP contribution in [0.15, 0.2) is 0 Å². The summed E-state index contributed by atoms with van der Waals surface area (Å²) in [6.07, 6.45) is 66.2. The van der Waals surface area contributed by atoms with E-state index in [1.165, 1.54) is 38.5 Å². The topological polar surface area (TPSA) is 9.72 Å². The van der Waals surface area contributed by atoms with Crippen LogP contribution < -0.4 is 0 Å². The predicted molar refractivity (Wildman–Crippen MR) is 338 cm³/mol. The molecule has 0 aromatic heterocycles. The fourth-order valence-electron chi connectivity index (χ4n) is 28.8. The van der Waals surface area contributed by atoms with Gasteiger partial charge in [0.15, 0.2) is 0 Å². The molecule has 12 aliphatic carbocycles. The number of rotatable bonds is 6. The normalized spacial score (nSPS) is 57.0. The molecular formula is C72H114BN3S3. The van der Waals surface area contributed by atoms with Gasteiger partial charge in [0.1, 0.15) is 6.71 Å². The van der Waals surface area contributed by atoms with Crippen molar-refractivity contribution in [3.63, 3.8) is 0 Å². The van der Waals surface area contributed by atoms with Crippen LogP contribution in [0.3, 0.4) is 0 Å². The maximum Gasteiger partial charge on any atom is 0.149 e. The Balaban J connectivity index is 0.615. The summed E-state index contributed by atoms with van der Waals surface area (Å²) in [5, 5.41) is 6.04. The molecule has 18 fully saturated rings. The summed E-state index contributed by atoms with van der Waals surface area (Å²) < 4.78 is 0. The number of likely N-dealkylation sites (tertiary alicyclic amines) is 3. The Hall–Kier alpha value is 0.995. The van der Waals surface area contributed by atoms with Gasteiger partial charge in [-0.15, -0.1) is 0 Å². The van der Waals surface area contributed by atoms with E-state index in [0.29, 0.717) is 0 Å². The molecule has 0 aromatic carbocycles. The highest BCUT2D eigenvalue weighted by molar-refractivity contribution is 8.01. The van der Waals surface area contributed by atoms with Crippen LogP contribution in [0, 0.1) is 71.0 Å². The van der Waals surface area contributed by atoms with Crippen molar-refractivity contribution in [1.82, 2.24) is 14.7 Å². The van der Waals surface area contributed by atoms with Gasteiger partial charge in [-0.1, -0.05) is 133 Å². The zero-order chi connectivity index (χ0) is 51.4. The van der Waals surface area contributed by atoms with Gasteiger partial charge >= 0.3 is 0 Å². The lowest BCUT2D eigenvalue weighted by Crippen LogP contribution is -2.55. The van der Waals surface area contributed by atoms with Crippen molar-refractivity contribution < 1.29 is 0 Å². The molecule has 6 aliphatic heterocycles.